The predicted molar refractivity (Wildman–Crippen MR) is 69.2 cm³/mol. The van der Waals surface area contributed by atoms with Crippen LogP contribution in [0.3, 0.4) is 0 Å². The molecule has 0 spiro atoms. The van der Waals surface area contributed by atoms with Crippen LogP contribution < -0.4 is 5.32 Å². The normalized spacial score (nSPS) is 11.6. The van der Waals surface area contributed by atoms with Crippen LogP contribution in [0.2, 0.25) is 0 Å². The first kappa shape index (κ1) is 13.2. The number of hydrogen-bond acceptors (Lipinski definition) is 3. The van der Waals surface area contributed by atoms with Gasteiger partial charge in [-0.2, -0.15) is 0 Å². The van der Waals surface area contributed by atoms with E-state index in [9.17, 15) is 0 Å². The van der Waals surface area contributed by atoms with Gasteiger partial charge in [-0.3, -0.25) is 0 Å². The van der Waals surface area contributed by atoms with Crippen molar-refractivity contribution >= 4 is 17.5 Å². The molecule has 0 aliphatic heterocycles. The van der Waals surface area contributed by atoms with Crippen molar-refractivity contribution in [2.24, 2.45) is 0 Å². The smallest absolute Gasteiger partial charge is 0.223 e. The van der Waals surface area contributed by atoms with Crippen LogP contribution in [0.5, 0.6) is 0 Å². The minimum absolute atomic E-state index is 0.0954. The van der Waals surface area contributed by atoms with E-state index in [1.807, 2.05) is 19.9 Å². The summed E-state index contributed by atoms with van der Waals surface area (Å²) in [6.45, 7) is 8.20. The van der Waals surface area contributed by atoms with Gasteiger partial charge in [0.1, 0.15) is 0 Å². The van der Waals surface area contributed by atoms with E-state index in [0.717, 1.165) is 24.2 Å². The van der Waals surface area contributed by atoms with Crippen LogP contribution >= 0.6 is 11.6 Å². The largest absolute Gasteiger partial charge is 0.348 e. The fraction of sp³-hybridized carbons (Fsp3) is 0.667. The Balaban J connectivity index is 2.93. The average Bonchev–Trinajstić information content (AvgIpc) is 2.25. The zero-order valence-electron chi connectivity index (χ0n) is 10.5. The van der Waals surface area contributed by atoms with Crippen LogP contribution in [0.4, 0.5) is 5.95 Å². The third-order valence-electron chi connectivity index (χ3n) is 2.97. The van der Waals surface area contributed by atoms with E-state index in [4.69, 9.17) is 11.6 Å². The summed E-state index contributed by atoms with van der Waals surface area (Å²) in [5.41, 5.74) is 1.86. The molecule has 0 aromatic carbocycles. The highest BCUT2D eigenvalue weighted by atomic mass is 35.5. The minimum atomic E-state index is -0.0954. The Morgan fingerprint density at radius 1 is 1.19 bits per heavy atom. The fourth-order valence-electron chi connectivity index (χ4n) is 1.67. The third kappa shape index (κ3) is 3.08. The number of aryl methyl sites for hydroxylation is 2. The maximum atomic E-state index is 6.04. The SMILES string of the molecule is CCC(CC)(CCl)Nc1nc(C)cc(C)n1. The molecular formula is C12H20ClN3. The predicted octanol–water partition coefficient (Wildman–Crippen LogP) is 3.30. The fourth-order valence-corrected chi connectivity index (χ4v) is 2.11. The van der Waals surface area contributed by atoms with E-state index in [1.54, 1.807) is 0 Å². The summed E-state index contributed by atoms with van der Waals surface area (Å²) < 4.78 is 0. The summed E-state index contributed by atoms with van der Waals surface area (Å²) in [4.78, 5) is 8.76. The molecule has 16 heavy (non-hydrogen) atoms. The molecule has 0 aliphatic rings. The molecule has 4 heteroatoms. The molecule has 0 saturated heterocycles. The van der Waals surface area contributed by atoms with Crippen molar-refractivity contribution in [2.45, 2.75) is 46.1 Å². The summed E-state index contributed by atoms with van der Waals surface area (Å²) in [5, 5.41) is 3.37. The van der Waals surface area contributed by atoms with Crippen molar-refractivity contribution < 1.29 is 0 Å². The Morgan fingerprint density at radius 3 is 2.06 bits per heavy atom. The molecule has 0 radical (unpaired) electrons. The standard InChI is InChI=1S/C12H20ClN3/c1-5-12(6-2,8-13)16-11-14-9(3)7-10(4)15-11/h7H,5-6,8H2,1-4H3,(H,14,15,16). The lowest BCUT2D eigenvalue weighted by Gasteiger charge is -2.30. The first-order valence-corrected chi connectivity index (χ1v) is 6.25. The third-order valence-corrected chi connectivity index (χ3v) is 3.48. The van der Waals surface area contributed by atoms with Crippen molar-refractivity contribution in [3.63, 3.8) is 0 Å². The lowest BCUT2D eigenvalue weighted by atomic mass is 9.95. The number of hydrogen-bond donors (Lipinski definition) is 1. The highest BCUT2D eigenvalue weighted by Gasteiger charge is 2.25. The van der Waals surface area contributed by atoms with Crippen LogP contribution in [0.1, 0.15) is 38.1 Å². The number of nitrogens with zero attached hydrogens (tertiary/aromatic N) is 2. The lowest BCUT2D eigenvalue weighted by molar-refractivity contribution is 0.480. The Hall–Kier alpha value is -0.830. The van der Waals surface area contributed by atoms with Gasteiger partial charge in [0.2, 0.25) is 5.95 Å². The molecule has 1 heterocycles. The molecule has 0 saturated carbocycles. The zero-order chi connectivity index (χ0) is 12.2. The first-order valence-electron chi connectivity index (χ1n) is 5.71. The van der Waals surface area contributed by atoms with Crippen molar-refractivity contribution in [1.82, 2.24) is 9.97 Å². The van der Waals surface area contributed by atoms with Crippen LogP contribution in [0, 0.1) is 13.8 Å². The summed E-state index contributed by atoms with van der Waals surface area (Å²) in [6, 6.07) is 1.96. The molecule has 0 bridgehead atoms. The lowest BCUT2D eigenvalue weighted by Crippen LogP contribution is -2.39. The molecule has 3 nitrogen and oxygen atoms in total. The quantitative estimate of drug-likeness (QED) is 0.804. The number of alkyl halides is 1. The number of anilines is 1. The second-order valence-electron chi connectivity index (χ2n) is 4.22. The Kier molecular flexibility index (Phi) is 4.54. The minimum Gasteiger partial charge on any atom is -0.348 e. The van der Waals surface area contributed by atoms with Crippen molar-refractivity contribution in [3.8, 4) is 0 Å². The van der Waals surface area contributed by atoms with Gasteiger partial charge in [0, 0.05) is 17.3 Å². The van der Waals surface area contributed by atoms with Crippen molar-refractivity contribution in [1.29, 1.82) is 0 Å². The highest BCUT2D eigenvalue weighted by molar-refractivity contribution is 6.18. The molecule has 1 N–H and O–H groups in total. The van der Waals surface area contributed by atoms with E-state index in [2.05, 4.69) is 29.1 Å². The molecule has 0 fully saturated rings. The first-order chi connectivity index (χ1) is 7.55. The van der Waals surface area contributed by atoms with Gasteiger partial charge in [-0.15, -0.1) is 11.6 Å². The molecule has 0 atom stereocenters. The van der Waals surface area contributed by atoms with Crippen molar-refractivity contribution in [3.05, 3.63) is 17.5 Å². The second-order valence-corrected chi connectivity index (χ2v) is 4.49. The molecule has 0 aliphatic carbocycles. The van der Waals surface area contributed by atoms with E-state index in [1.165, 1.54) is 0 Å². The van der Waals surface area contributed by atoms with Gasteiger partial charge in [-0.25, -0.2) is 9.97 Å². The average molecular weight is 242 g/mol. The summed E-state index contributed by atoms with van der Waals surface area (Å²) in [5.74, 6) is 1.25. The van der Waals surface area contributed by atoms with Gasteiger partial charge < -0.3 is 5.32 Å². The topological polar surface area (TPSA) is 37.8 Å². The number of halogens is 1. The van der Waals surface area contributed by atoms with Gasteiger partial charge in [0.15, 0.2) is 0 Å². The highest BCUT2D eigenvalue weighted by Crippen LogP contribution is 2.22. The van der Waals surface area contributed by atoms with Gasteiger partial charge in [0.05, 0.1) is 5.54 Å². The van der Waals surface area contributed by atoms with Gasteiger partial charge in [-0.1, -0.05) is 13.8 Å². The Labute approximate surface area is 103 Å². The van der Waals surface area contributed by atoms with E-state index < -0.39 is 0 Å². The maximum Gasteiger partial charge on any atom is 0.223 e. The molecule has 0 amide bonds. The second kappa shape index (κ2) is 5.48. The van der Waals surface area contributed by atoms with Crippen LogP contribution in [-0.2, 0) is 0 Å². The Bertz CT molecular complexity index is 320. The molecule has 1 aromatic heterocycles. The van der Waals surface area contributed by atoms with Crippen LogP contribution in [0.15, 0.2) is 6.07 Å². The Morgan fingerprint density at radius 2 is 1.69 bits per heavy atom. The van der Waals surface area contributed by atoms with Crippen molar-refractivity contribution in [2.75, 3.05) is 11.2 Å². The van der Waals surface area contributed by atoms with E-state index >= 15 is 0 Å². The van der Waals surface area contributed by atoms with Gasteiger partial charge in [0.25, 0.3) is 0 Å². The van der Waals surface area contributed by atoms with Gasteiger partial charge >= 0.3 is 0 Å². The number of aromatic nitrogens is 2. The molecule has 1 aromatic rings. The molecule has 0 unspecified atom stereocenters. The van der Waals surface area contributed by atoms with Crippen LogP contribution in [-0.4, -0.2) is 21.4 Å². The molecule has 90 valence electrons. The van der Waals surface area contributed by atoms with E-state index in [-0.39, 0.29) is 5.54 Å². The molecular weight excluding hydrogens is 222 g/mol. The van der Waals surface area contributed by atoms with Gasteiger partial charge in [-0.05, 0) is 32.8 Å². The number of rotatable bonds is 5. The summed E-state index contributed by atoms with van der Waals surface area (Å²) in [6.07, 6.45) is 1.92. The van der Waals surface area contributed by atoms with Crippen LogP contribution in [0.25, 0.3) is 0 Å². The summed E-state index contributed by atoms with van der Waals surface area (Å²) in [7, 11) is 0. The zero-order valence-corrected chi connectivity index (χ0v) is 11.2. The monoisotopic (exact) mass is 241 g/mol. The summed E-state index contributed by atoms with van der Waals surface area (Å²) >= 11 is 6.04. The maximum absolute atomic E-state index is 6.04. The number of nitrogens with one attached hydrogen (secondary N) is 1. The van der Waals surface area contributed by atoms with E-state index in [0.29, 0.717) is 11.8 Å². The molecule has 1 rings (SSSR count).